The van der Waals surface area contributed by atoms with E-state index in [-0.39, 0.29) is 17.1 Å². The highest BCUT2D eigenvalue weighted by Crippen LogP contribution is 2.34. The average Bonchev–Trinajstić information content (AvgIpc) is 2.97. The van der Waals surface area contributed by atoms with Crippen LogP contribution in [0.25, 0.3) is 10.9 Å². The van der Waals surface area contributed by atoms with Crippen molar-refractivity contribution < 1.29 is 13.5 Å². The fraction of sp³-hybridized carbons (Fsp3) is 0.118. The van der Waals surface area contributed by atoms with Gasteiger partial charge >= 0.3 is 0 Å². The van der Waals surface area contributed by atoms with Crippen LogP contribution in [0, 0.1) is 23.0 Å². The Labute approximate surface area is 125 Å². The number of rotatable bonds is 3. The number of aromatic amines is 1. The van der Waals surface area contributed by atoms with Gasteiger partial charge in [0.1, 0.15) is 17.6 Å². The summed E-state index contributed by atoms with van der Waals surface area (Å²) in [6, 6.07) is 8.71. The fourth-order valence-electron chi connectivity index (χ4n) is 2.46. The zero-order chi connectivity index (χ0) is 15.7. The summed E-state index contributed by atoms with van der Waals surface area (Å²) in [6.07, 6.45) is 2.31. The Balaban J connectivity index is 2.11. The van der Waals surface area contributed by atoms with Gasteiger partial charge in [-0.3, -0.25) is 0 Å². The number of H-pyrrole nitrogens is 1. The van der Waals surface area contributed by atoms with Crippen molar-refractivity contribution in [2.24, 2.45) is 0 Å². The van der Waals surface area contributed by atoms with E-state index in [1.165, 1.54) is 18.2 Å². The van der Waals surface area contributed by atoms with Crippen LogP contribution in [0.1, 0.15) is 18.1 Å². The molecule has 1 N–H and O–H groups in total. The van der Waals surface area contributed by atoms with E-state index < -0.39 is 11.6 Å². The molecule has 110 valence electrons. The molecular weight excluding hydrogens is 286 g/mol. The number of hydrogen-bond donors (Lipinski definition) is 1. The topological polar surface area (TPSA) is 48.8 Å². The molecule has 2 aromatic carbocycles. The van der Waals surface area contributed by atoms with Crippen molar-refractivity contribution in [2.75, 3.05) is 0 Å². The standard InChI is InChI=1S/C17H12F2N2O/c1-2-12-13-5-6-21-16(13)8-15(19)17(12)22-11-3-4-14(18)10(7-11)9-20/h3-8,21H,2H2,1H3. The van der Waals surface area contributed by atoms with Crippen LogP contribution < -0.4 is 4.74 Å². The van der Waals surface area contributed by atoms with Crippen LogP contribution in [0.15, 0.2) is 36.5 Å². The van der Waals surface area contributed by atoms with Crippen molar-refractivity contribution in [3.8, 4) is 17.6 Å². The quantitative estimate of drug-likeness (QED) is 0.763. The molecular formula is C17H12F2N2O. The van der Waals surface area contributed by atoms with Gasteiger partial charge in [-0.25, -0.2) is 8.78 Å². The van der Waals surface area contributed by atoms with Crippen LogP contribution in [0.3, 0.4) is 0 Å². The third kappa shape index (κ3) is 2.29. The first-order chi connectivity index (χ1) is 10.6. The molecule has 0 bridgehead atoms. The van der Waals surface area contributed by atoms with Crippen molar-refractivity contribution in [1.29, 1.82) is 5.26 Å². The predicted octanol–water partition coefficient (Wildman–Crippen LogP) is 4.67. The molecule has 1 aromatic heterocycles. The molecule has 0 saturated carbocycles. The lowest BCUT2D eigenvalue weighted by Gasteiger charge is -2.13. The monoisotopic (exact) mass is 298 g/mol. The molecule has 0 radical (unpaired) electrons. The summed E-state index contributed by atoms with van der Waals surface area (Å²) in [5.74, 6) is -0.812. The normalized spacial score (nSPS) is 10.6. The van der Waals surface area contributed by atoms with Gasteiger partial charge in [0.25, 0.3) is 0 Å². The van der Waals surface area contributed by atoms with Crippen LogP contribution in [-0.4, -0.2) is 4.98 Å². The maximum atomic E-state index is 14.3. The van der Waals surface area contributed by atoms with Gasteiger partial charge < -0.3 is 9.72 Å². The molecule has 3 rings (SSSR count). The molecule has 5 heteroatoms. The largest absolute Gasteiger partial charge is 0.454 e. The molecule has 3 nitrogen and oxygen atoms in total. The Morgan fingerprint density at radius 3 is 2.73 bits per heavy atom. The summed E-state index contributed by atoms with van der Waals surface area (Å²) >= 11 is 0. The minimum atomic E-state index is -0.632. The van der Waals surface area contributed by atoms with E-state index in [0.717, 1.165) is 17.0 Å². The average molecular weight is 298 g/mol. The van der Waals surface area contributed by atoms with Gasteiger partial charge in [0, 0.05) is 34.8 Å². The minimum Gasteiger partial charge on any atom is -0.454 e. The fourth-order valence-corrected chi connectivity index (χ4v) is 2.46. The molecule has 0 aliphatic rings. The minimum absolute atomic E-state index is 0.102. The van der Waals surface area contributed by atoms with E-state index in [2.05, 4.69) is 4.98 Å². The smallest absolute Gasteiger partial charge is 0.168 e. The van der Waals surface area contributed by atoms with Gasteiger partial charge in [-0.05, 0) is 24.6 Å². The summed E-state index contributed by atoms with van der Waals surface area (Å²) in [7, 11) is 0. The van der Waals surface area contributed by atoms with Gasteiger partial charge in [0.15, 0.2) is 11.6 Å². The molecule has 1 heterocycles. The Kier molecular flexibility index (Phi) is 3.51. The molecule has 0 unspecified atom stereocenters. The molecule has 3 aromatic rings. The summed E-state index contributed by atoms with van der Waals surface area (Å²) in [5.41, 5.74) is 1.27. The molecule has 0 saturated heterocycles. The number of hydrogen-bond acceptors (Lipinski definition) is 2. The third-order valence-electron chi connectivity index (χ3n) is 3.50. The number of fused-ring (bicyclic) bond motifs is 1. The van der Waals surface area contributed by atoms with Crippen molar-refractivity contribution >= 4 is 10.9 Å². The van der Waals surface area contributed by atoms with Gasteiger partial charge in [0.2, 0.25) is 0 Å². The Morgan fingerprint density at radius 1 is 1.18 bits per heavy atom. The summed E-state index contributed by atoms with van der Waals surface area (Å²) in [5, 5.41) is 9.73. The van der Waals surface area contributed by atoms with Gasteiger partial charge in [0.05, 0.1) is 5.56 Å². The number of nitrogens with zero attached hydrogens (tertiary/aromatic N) is 1. The summed E-state index contributed by atoms with van der Waals surface area (Å²) < 4.78 is 33.3. The van der Waals surface area contributed by atoms with E-state index >= 15 is 0 Å². The number of aryl methyl sites for hydroxylation is 1. The first-order valence-corrected chi connectivity index (χ1v) is 6.80. The van der Waals surface area contributed by atoms with Crippen molar-refractivity contribution in [3.63, 3.8) is 0 Å². The van der Waals surface area contributed by atoms with E-state index in [1.807, 2.05) is 13.0 Å². The lowest BCUT2D eigenvalue weighted by Crippen LogP contribution is -1.96. The van der Waals surface area contributed by atoms with Crippen LogP contribution in [0.4, 0.5) is 8.78 Å². The summed E-state index contributed by atoms with van der Waals surface area (Å²) in [4.78, 5) is 2.96. The summed E-state index contributed by atoms with van der Waals surface area (Å²) in [6.45, 7) is 1.90. The molecule has 0 fully saturated rings. The van der Waals surface area contributed by atoms with Crippen molar-refractivity contribution in [1.82, 2.24) is 4.98 Å². The molecule has 0 atom stereocenters. The Hall–Kier alpha value is -2.87. The lowest BCUT2D eigenvalue weighted by atomic mass is 10.1. The molecule has 0 amide bonds. The second-order valence-corrected chi connectivity index (χ2v) is 4.81. The second-order valence-electron chi connectivity index (χ2n) is 4.81. The maximum absolute atomic E-state index is 14.3. The highest BCUT2D eigenvalue weighted by molar-refractivity contribution is 5.85. The number of ether oxygens (including phenoxy) is 1. The van der Waals surface area contributed by atoms with E-state index in [0.29, 0.717) is 11.9 Å². The Bertz CT molecular complexity index is 894. The molecule has 22 heavy (non-hydrogen) atoms. The maximum Gasteiger partial charge on any atom is 0.168 e. The molecule has 0 aliphatic heterocycles. The van der Waals surface area contributed by atoms with Crippen LogP contribution >= 0.6 is 0 Å². The number of nitrogens with one attached hydrogen (secondary N) is 1. The van der Waals surface area contributed by atoms with E-state index in [1.54, 1.807) is 12.3 Å². The molecule has 0 spiro atoms. The SMILES string of the molecule is CCc1c(Oc2ccc(F)c(C#N)c2)c(F)cc2[nH]ccc12. The van der Waals surface area contributed by atoms with Gasteiger partial charge in [-0.15, -0.1) is 0 Å². The van der Waals surface area contributed by atoms with Crippen molar-refractivity contribution in [2.45, 2.75) is 13.3 Å². The van der Waals surface area contributed by atoms with Gasteiger partial charge in [-0.1, -0.05) is 6.92 Å². The first-order valence-electron chi connectivity index (χ1n) is 6.80. The number of nitriles is 1. The van der Waals surface area contributed by atoms with E-state index in [9.17, 15) is 8.78 Å². The van der Waals surface area contributed by atoms with E-state index in [4.69, 9.17) is 10.00 Å². The zero-order valence-electron chi connectivity index (χ0n) is 11.8. The Morgan fingerprint density at radius 2 is 2.00 bits per heavy atom. The van der Waals surface area contributed by atoms with Gasteiger partial charge in [-0.2, -0.15) is 5.26 Å². The zero-order valence-corrected chi connectivity index (χ0v) is 11.8. The lowest BCUT2D eigenvalue weighted by molar-refractivity contribution is 0.437. The number of halogens is 2. The predicted molar refractivity (Wildman–Crippen MR) is 78.8 cm³/mol. The third-order valence-corrected chi connectivity index (χ3v) is 3.50. The van der Waals surface area contributed by atoms with Crippen LogP contribution in [0.2, 0.25) is 0 Å². The highest BCUT2D eigenvalue weighted by atomic mass is 19.1. The highest BCUT2D eigenvalue weighted by Gasteiger charge is 2.16. The number of aromatic nitrogens is 1. The van der Waals surface area contributed by atoms with Crippen LogP contribution in [-0.2, 0) is 6.42 Å². The van der Waals surface area contributed by atoms with Crippen LogP contribution in [0.5, 0.6) is 11.5 Å². The first kappa shape index (κ1) is 14.1. The number of benzene rings is 2. The van der Waals surface area contributed by atoms with Crippen molar-refractivity contribution in [3.05, 3.63) is 59.3 Å². The molecule has 0 aliphatic carbocycles. The second kappa shape index (κ2) is 5.49.